The van der Waals surface area contributed by atoms with Gasteiger partial charge in [0.05, 0.1) is 6.10 Å². The van der Waals surface area contributed by atoms with E-state index in [-0.39, 0.29) is 18.9 Å². The maximum absolute atomic E-state index is 13.8. The molecule has 1 saturated heterocycles. The number of carbonyl (C=O) groups is 5. The predicted molar refractivity (Wildman–Crippen MR) is 169 cm³/mol. The molecule has 0 spiro atoms. The normalized spacial score (nSPS) is 21.1. The van der Waals surface area contributed by atoms with Gasteiger partial charge in [0, 0.05) is 18.9 Å². The molecule has 252 valence electrons. The average molecular weight is 633 g/mol. The van der Waals surface area contributed by atoms with Gasteiger partial charge in [0.1, 0.15) is 35.4 Å². The number of carbonyl (C=O) groups excluding carboxylic acids is 5. The minimum atomic E-state index is -1.11. The Balaban J connectivity index is 2.28. The van der Waals surface area contributed by atoms with Crippen LogP contribution in [0.15, 0.2) is 30.3 Å². The molecule has 4 amide bonds. The van der Waals surface area contributed by atoms with E-state index in [0.29, 0.717) is 6.42 Å². The molecular weight excluding hydrogens is 580 g/mol. The fourth-order valence-corrected chi connectivity index (χ4v) is 5.00. The number of aliphatic hydroxyl groups is 1. The lowest BCUT2D eigenvalue weighted by Crippen LogP contribution is -2.59. The number of ether oxygens (including phenoxy) is 2. The number of amides is 4. The number of esters is 1. The summed E-state index contributed by atoms with van der Waals surface area (Å²) in [5, 5.41) is 18.7. The number of nitrogens with one attached hydrogen (secondary N) is 3. The summed E-state index contributed by atoms with van der Waals surface area (Å²) in [4.78, 5) is 67.6. The molecule has 0 aliphatic carbocycles. The molecule has 1 heterocycles. The SMILES string of the molecule is CC[C@H](C)[C@H](NC(=O)[C@@H]1[C@@H](C)[C@H](O)CN1C(=O)[C@H](C)NC(=O)OC(C)(C)C)C(=O)N[C@@H](Cc1ccccc1)C(=O)OC(C)(C)C. The summed E-state index contributed by atoms with van der Waals surface area (Å²) in [6, 6.07) is 4.97. The Morgan fingerprint density at radius 2 is 1.51 bits per heavy atom. The van der Waals surface area contributed by atoms with Crippen LogP contribution in [-0.4, -0.2) is 87.8 Å². The highest BCUT2D eigenvalue weighted by molar-refractivity contribution is 5.95. The van der Waals surface area contributed by atoms with E-state index in [2.05, 4.69) is 16.0 Å². The van der Waals surface area contributed by atoms with Gasteiger partial charge in [0.2, 0.25) is 17.7 Å². The second kappa shape index (κ2) is 15.6. The fraction of sp³-hybridized carbons (Fsp3) is 0.667. The lowest BCUT2D eigenvalue weighted by Gasteiger charge is -2.32. The zero-order chi connectivity index (χ0) is 34.3. The van der Waals surface area contributed by atoms with Crippen LogP contribution < -0.4 is 16.0 Å². The largest absolute Gasteiger partial charge is 0.458 e. The van der Waals surface area contributed by atoms with Crippen LogP contribution in [0.3, 0.4) is 0 Å². The Hall–Kier alpha value is -3.67. The maximum atomic E-state index is 13.8. The first-order valence-corrected chi connectivity index (χ1v) is 15.6. The average Bonchev–Trinajstić information content (AvgIpc) is 3.22. The number of likely N-dealkylation sites (tertiary alicyclic amines) is 1. The van der Waals surface area contributed by atoms with Crippen LogP contribution in [0.1, 0.15) is 81.2 Å². The summed E-state index contributed by atoms with van der Waals surface area (Å²) in [7, 11) is 0. The second-order valence-corrected chi connectivity index (χ2v) is 13.9. The van der Waals surface area contributed by atoms with Crippen molar-refractivity contribution in [2.75, 3.05) is 6.54 Å². The van der Waals surface area contributed by atoms with Gasteiger partial charge in [-0.1, -0.05) is 57.5 Å². The van der Waals surface area contributed by atoms with Crippen LogP contribution in [0.25, 0.3) is 0 Å². The lowest BCUT2D eigenvalue weighted by molar-refractivity contribution is -0.158. The molecule has 0 saturated carbocycles. The van der Waals surface area contributed by atoms with Gasteiger partial charge < -0.3 is 35.4 Å². The molecule has 2 rings (SSSR count). The highest BCUT2D eigenvalue weighted by atomic mass is 16.6. The molecule has 4 N–H and O–H groups in total. The third-order valence-corrected chi connectivity index (χ3v) is 7.56. The van der Waals surface area contributed by atoms with Gasteiger partial charge in [0.25, 0.3) is 0 Å². The number of hydrogen-bond donors (Lipinski definition) is 4. The van der Waals surface area contributed by atoms with Crippen molar-refractivity contribution in [1.82, 2.24) is 20.9 Å². The number of hydrogen-bond acceptors (Lipinski definition) is 8. The zero-order valence-corrected chi connectivity index (χ0v) is 28.3. The summed E-state index contributed by atoms with van der Waals surface area (Å²) in [5.41, 5.74) is -0.746. The van der Waals surface area contributed by atoms with Crippen LogP contribution in [0.4, 0.5) is 4.79 Å². The molecule has 7 atom stereocenters. The maximum Gasteiger partial charge on any atom is 0.408 e. The van der Waals surface area contributed by atoms with Gasteiger partial charge in [-0.2, -0.15) is 0 Å². The zero-order valence-electron chi connectivity index (χ0n) is 28.3. The van der Waals surface area contributed by atoms with E-state index in [4.69, 9.17) is 9.47 Å². The van der Waals surface area contributed by atoms with E-state index in [1.54, 1.807) is 55.4 Å². The van der Waals surface area contributed by atoms with E-state index in [1.807, 2.05) is 37.3 Å². The fourth-order valence-electron chi connectivity index (χ4n) is 5.00. The predicted octanol–water partition coefficient (Wildman–Crippen LogP) is 2.71. The van der Waals surface area contributed by atoms with E-state index in [1.165, 1.54) is 11.8 Å². The van der Waals surface area contributed by atoms with Crippen LogP contribution in [0.5, 0.6) is 0 Å². The number of nitrogens with zero attached hydrogens (tertiary/aromatic N) is 1. The Kier molecular flexibility index (Phi) is 13.0. The molecule has 0 aromatic heterocycles. The first kappa shape index (κ1) is 37.5. The quantitative estimate of drug-likeness (QED) is 0.271. The van der Waals surface area contributed by atoms with Crippen molar-refractivity contribution in [3.8, 4) is 0 Å². The molecule has 1 aliphatic heterocycles. The van der Waals surface area contributed by atoms with Crippen LogP contribution in [0, 0.1) is 11.8 Å². The van der Waals surface area contributed by atoms with E-state index in [9.17, 15) is 29.1 Å². The molecule has 0 radical (unpaired) electrons. The Bertz CT molecular complexity index is 1190. The molecule has 1 aromatic carbocycles. The van der Waals surface area contributed by atoms with Gasteiger partial charge in [0.15, 0.2) is 0 Å². The van der Waals surface area contributed by atoms with Crippen molar-refractivity contribution in [1.29, 1.82) is 0 Å². The first-order valence-electron chi connectivity index (χ1n) is 15.6. The number of rotatable bonds is 11. The van der Waals surface area contributed by atoms with E-state index in [0.717, 1.165) is 5.56 Å². The summed E-state index contributed by atoms with van der Waals surface area (Å²) in [6.07, 6.45) is -1.09. The van der Waals surface area contributed by atoms with Crippen molar-refractivity contribution in [2.45, 2.75) is 124 Å². The molecule has 0 bridgehead atoms. The third kappa shape index (κ3) is 11.3. The van der Waals surface area contributed by atoms with Crippen molar-refractivity contribution in [2.24, 2.45) is 11.8 Å². The smallest absolute Gasteiger partial charge is 0.408 e. The van der Waals surface area contributed by atoms with Gasteiger partial charge in [-0.05, 0) is 59.9 Å². The van der Waals surface area contributed by atoms with Crippen molar-refractivity contribution < 1.29 is 38.6 Å². The molecule has 1 aromatic rings. The minimum absolute atomic E-state index is 0.129. The van der Waals surface area contributed by atoms with Gasteiger partial charge in [-0.15, -0.1) is 0 Å². The Morgan fingerprint density at radius 1 is 0.933 bits per heavy atom. The molecular formula is C33H52N4O8. The van der Waals surface area contributed by atoms with Crippen LogP contribution in [-0.2, 0) is 35.1 Å². The summed E-state index contributed by atoms with van der Waals surface area (Å²) < 4.78 is 10.8. The first-order chi connectivity index (χ1) is 20.7. The molecule has 45 heavy (non-hydrogen) atoms. The van der Waals surface area contributed by atoms with Crippen LogP contribution in [0.2, 0.25) is 0 Å². The van der Waals surface area contributed by atoms with Gasteiger partial charge in [-0.3, -0.25) is 14.4 Å². The van der Waals surface area contributed by atoms with Gasteiger partial charge >= 0.3 is 12.1 Å². The monoisotopic (exact) mass is 632 g/mol. The van der Waals surface area contributed by atoms with Crippen LogP contribution >= 0.6 is 0 Å². The minimum Gasteiger partial charge on any atom is -0.458 e. The summed E-state index contributed by atoms with van der Waals surface area (Å²) >= 11 is 0. The topological polar surface area (TPSA) is 163 Å². The van der Waals surface area contributed by atoms with Crippen molar-refractivity contribution in [3.63, 3.8) is 0 Å². The van der Waals surface area contributed by atoms with E-state index < -0.39 is 77.2 Å². The summed E-state index contributed by atoms with van der Waals surface area (Å²) in [5.74, 6) is -3.39. The molecule has 12 heteroatoms. The highest BCUT2D eigenvalue weighted by Gasteiger charge is 2.47. The number of aliphatic hydroxyl groups excluding tert-OH is 1. The van der Waals surface area contributed by atoms with Crippen molar-refractivity contribution >= 4 is 29.8 Å². The highest BCUT2D eigenvalue weighted by Crippen LogP contribution is 2.26. The second-order valence-electron chi connectivity index (χ2n) is 13.9. The van der Waals surface area contributed by atoms with Gasteiger partial charge in [-0.25, -0.2) is 9.59 Å². The number of benzene rings is 1. The Labute approximate surface area is 267 Å². The van der Waals surface area contributed by atoms with E-state index >= 15 is 0 Å². The summed E-state index contributed by atoms with van der Waals surface area (Å²) in [6.45, 7) is 16.9. The molecule has 1 fully saturated rings. The Morgan fingerprint density at radius 3 is 2.04 bits per heavy atom. The molecule has 12 nitrogen and oxygen atoms in total. The number of β-amino-alcohol motifs (C(OH)–C–C–N with tert-alkyl or cyclic N) is 1. The standard InChI is InChI=1S/C33H52N4O8/c1-11-19(2)25(27(39)35-23(30(42)44-32(5,6)7)17-22-15-13-12-14-16-22)36-28(40)26-20(3)24(38)18-37(26)29(41)21(4)34-31(43)45-33(8,9)10/h12-16,19-21,23-26,38H,11,17-18H2,1-10H3,(H,34,43)(H,35,39)(H,36,40)/t19-,20-,21-,23-,24+,25-,26-/m0/s1. The molecule has 0 unspecified atom stereocenters. The lowest BCUT2D eigenvalue weighted by atomic mass is 9.95. The molecule has 1 aliphatic rings. The third-order valence-electron chi connectivity index (χ3n) is 7.56. The number of alkyl carbamates (subject to hydrolysis) is 1. The van der Waals surface area contributed by atoms with Crippen molar-refractivity contribution in [3.05, 3.63) is 35.9 Å².